The maximum atomic E-state index is 12.3. The average molecular weight is 439 g/mol. The van der Waals surface area contributed by atoms with E-state index in [1.54, 1.807) is 36.4 Å². The van der Waals surface area contributed by atoms with Gasteiger partial charge in [0.15, 0.2) is 6.61 Å². The van der Waals surface area contributed by atoms with Crippen LogP contribution in [0.3, 0.4) is 0 Å². The molecule has 0 bridgehead atoms. The molecule has 0 aliphatic carbocycles. The monoisotopic (exact) mass is 439 g/mol. The van der Waals surface area contributed by atoms with E-state index < -0.39 is 30.3 Å². The van der Waals surface area contributed by atoms with Gasteiger partial charge in [-0.3, -0.25) is 14.4 Å². The summed E-state index contributed by atoms with van der Waals surface area (Å²) in [6.07, 6.45) is 1.43. The molecule has 9 nitrogen and oxygen atoms in total. The van der Waals surface area contributed by atoms with E-state index in [1.807, 2.05) is 19.1 Å². The van der Waals surface area contributed by atoms with Crippen LogP contribution in [0.2, 0.25) is 0 Å². The summed E-state index contributed by atoms with van der Waals surface area (Å²) in [5.74, 6) is -2.01. The number of anilines is 1. The Kier molecular flexibility index (Phi) is 8.97. The number of esters is 1. The first-order valence-electron chi connectivity index (χ1n) is 9.71. The van der Waals surface area contributed by atoms with Crippen LogP contribution < -0.4 is 20.7 Å². The Balaban J connectivity index is 1.87. The van der Waals surface area contributed by atoms with Crippen molar-refractivity contribution in [3.05, 3.63) is 65.4 Å². The number of benzene rings is 2. The molecule has 0 heterocycles. The van der Waals surface area contributed by atoms with Gasteiger partial charge in [0.05, 0.1) is 19.3 Å². The number of ether oxygens (including phenoxy) is 2. The molecule has 0 aliphatic rings. The Morgan fingerprint density at radius 3 is 2.38 bits per heavy atom. The molecule has 32 heavy (non-hydrogen) atoms. The summed E-state index contributed by atoms with van der Waals surface area (Å²) < 4.78 is 10.1. The Morgan fingerprint density at radius 2 is 1.72 bits per heavy atom. The molecule has 168 valence electrons. The van der Waals surface area contributed by atoms with Crippen molar-refractivity contribution >= 4 is 35.5 Å². The second-order valence-corrected chi connectivity index (χ2v) is 6.75. The average Bonchev–Trinajstić information content (AvgIpc) is 2.76. The smallest absolute Gasteiger partial charge is 0.355 e. The van der Waals surface area contributed by atoms with Gasteiger partial charge < -0.3 is 25.4 Å². The van der Waals surface area contributed by atoms with Gasteiger partial charge in [0.2, 0.25) is 11.8 Å². The van der Waals surface area contributed by atoms with E-state index in [0.29, 0.717) is 17.0 Å². The van der Waals surface area contributed by atoms with Crippen LogP contribution in [0.1, 0.15) is 18.1 Å². The molecule has 0 aromatic heterocycles. The summed E-state index contributed by atoms with van der Waals surface area (Å²) in [4.78, 5) is 47.8. The highest BCUT2D eigenvalue weighted by atomic mass is 16.5. The van der Waals surface area contributed by atoms with Gasteiger partial charge in [0, 0.05) is 6.92 Å². The lowest BCUT2D eigenvalue weighted by molar-refractivity contribution is -0.145. The number of hydrogen-bond acceptors (Lipinski definition) is 6. The quantitative estimate of drug-likeness (QED) is 0.404. The van der Waals surface area contributed by atoms with Crippen LogP contribution in [0.4, 0.5) is 5.69 Å². The molecule has 2 aromatic carbocycles. The first kappa shape index (κ1) is 24.1. The third kappa shape index (κ3) is 7.94. The fourth-order valence-electron chi connectivity index (χ4n) is 2.60. The summed E-state index contributed by atoms with van der Waals surface area (Å²) in [6.45, 7) is 2.17. The number of aryl methyl sites for hydroxylation is 1. The third-order valence-electron chi connectivity index (χ3n) is 4.05. The minimum absolute atomic E-state index is 0.110. The molecule has 9 heteroatoms. The van der Waals surface area contributed by atoms with Crippen LogP contribution in [0.15, 0.2) is 54.2 Å². The van der Waals surface area contributed by atoms with Crippen molar-refractivity contribution in [3.63, 3.8) is 0 Å². The minimum Gasteiger partial charge on any atom is -0.495 e. The van der Waals surface area contributed by atoms with E-state index in [-0.39, 0.29) is 12.2 Å². The largest absolute Gasteiger partial charge is 0.495 e. The van der Waals surface area contributed by atoms with Crippen molar-refractivity contribution in [2.45, 2.75) is 13.8 Å². The van der Waals surface area contributed by atoms with Crippen LogP contribution in [0.25, 0.3) is 6.08 Å². The summed E-state index contributed by atoms with van der Waals surface area (Å²) in [7, 11) is 1.48. The lowest BCUT2D eigenvalue weighted by Crippen LogP contribution is -2.36. The molecule has 0 saturated carbocycles. The van der Waals surface area contributed by atoms with Crippen LogP contribution in [0, 0.1) is 6.92 Å². The van der Waals surface area contributed by atoms with Gasteiger partial charge in [-0.2, -0.15) is 0 Å². The number of amides is 3. The highest BCUT2D eigenvalue weighted by Crippen LogP contribution is 2.24. The van der Waals surface area contributed by atoms with Crippen LogP contribution >= 0.6 is 0 Å². The van der Waals surface area contributed by atoms with Crippen molar-refractivity contribution < 1.29 is 28.7 Å². The standard InChI is InChI=1S/C23H25N3O6/c1-15-9-10-20(31-3)18(11-15)26-21(28)13-24-22(29)14-32-23(30)19(25-16(2)27)12-17-7-5-4-6-8-17/h4-12H,13-14H2,1-3H3,(H,24,29)(H,25,27)(H,26,28)/b19-12-. The predicted molar refractivity (Wildman–Crippen MR) is 119 cm³/mol. The van der Waals surface area contributed by atoms with Crippen molar-refractivity contribution in [2.24, 2.45) is 0 Å². The van der Waals surface area contributed by atoms with Crippen LogP contribution in [-0.2, 0) is 23.9 Å². The maximum Gasteiger partial charge on any atom is 0.355 e. The predicted octanol–water partition coefficient (Wildman–Crippen LogP) is 1.78. The van der Waals surface area contributed by atoms with E-state index in [0.717, 1.165) is 5.56 Å². The fraction of sp³-hybridized carbons (Fsp3) is 0.217. The molecule has 0 unspecified atom stereocenters. The molecule has 2 rings (SSSR count). The molecule has 3 N–H and O–H groups in total. The number of nitrogens with one attached hydrogen (secondary N) is 3. The van der Waals surface area contributed by atoms with Gasteiger partial charge in [-0.1, -0.05) is 36.4 Å². The summed E-state index contributed by atoms with van der Waals surface area (Å²) in [6, 6.07) is 14.1. The van der Waals surface area contributed by atoms with Crippen molar-refractivity contribution in [1.29, 1.82) is 0 Å². The number of hydrogen-bond donors (Lipinski definition) is 3. The van der Waals surface area contributed by atoms with Crippen molar-refractivity contribution in [3.8, 4) is 5.75 Å². The lowest BCUT2D eigenvalue weighted by atomic mass is 10.2. The summed E-state index contributed by atoms with van der Waals surface area (Å²) >= 11 is 0. The highest BCUT2D eigenvalue weighted by Gasteiger charge is 2.16. The zero-order valence-corrected chi connectivity index (χ0v) is 18.1. The first-order chi connectivity index (χ1) is 15.3. The first-order valence-corrected chi connectivity index (χ1v) is 9.71. The third-order valence-corrected chi connectivity index (χ3v) is 4.05. The van der Waals surface area contributed by atoms with Gasteiger partial charge in [0.1, 0.15) is 11.4 Å². The van der Waals surface area contributed by atoms with E-state index in [2.05, 4.69) is 16.0 Å². The Morgan fingerprint density at radius 1 is 1.00 bits per heavy atom. The zero-order chi connectivity index (χ0) is 23.5. The topological polar surface area (TPSA) is 123 Å². The number of carbonyl (C=O) groups is 4. The van der Waals surface area contributed by atoms with Crippen LogP contribution in [0.5, 0.6) is 5.75 Å². The summed E-state index contributed by atoms with van der Waals surface area (Å²) in [5, 5.41) is 7.40. The number of methoxy groups -OCH3 is 1. The lowest BCUT2D eigenvalue weighted by Gasteiger charge is -2.12. The Labute approximate surface area is 185 Å². The van der Waals surface area contributed by atoms with E-state index >= 15 is 0 Å². The normalized spacial score (nSPS) is 10.7. The molecular weight excluding hydrogens is 414 g/mol. The molecule has 0 atom stereocenters. The van der Waals surface area contributed by atoms with E-state index in [4.69, 9.17) is 9.47 Å². The van der Waals surface area contributed by atoms with Gasteiger partial charge in [-0.15, -0.1) is 0 Å². The SMILES string of the molecule is COc1ccc(C)cc1NC(=O)CNC(=O)COC(=O)/C(=C/c1ccccc1)NC(C)=O. The highest BCUT2D eigenvalue weighted by molar-refractivity contribution is 5.99. The number of rotatable bonds is 9. The van der Waals surface area contributed by atoms with Gasteiger partial charge in [-0.25, -0.2) is 4.79 Å². The Bertz CT molecular complexity index is 1020. The fourth-order valence-corrected chi connectivity index (χ4v) is 2.60. The van der Waals surface area contributed by atoms with Gasteiger partial charge in [-0.05, 0) is 36.3 Å². The van der Waals surface area contributed by atoms with Gasteiger partial charge >= 0.3 is 5.97 Å². The maximum absolute atomic E-state index is 12.3. The minimum atomic E-state index is -0.881. The molecule has 0 fully saturated rings. The van der Waals surface area contributed by atoms with E-state index in [1.165, 1.54) is 20.1 Å². The van der Waals surface area contributed by atoms with Gasteiger partial charge in [0.25, 0.3) is 5.91 Å². The molecule has 0 aliphatic heterocycles. The zero-order valence-electron chi connectivity index (χ0n) is 18.1. The molecular formula is C23H25N3O6. The molecule has 3 amide bonds. The number of carbonyl (C=O) groups excluding carboxylic acids is 4. The second-order valence-electron chi connectivity index (χ2n) is 6.75. The second kappa shape index (κ2) is 11.9. The Hall–Kier alpha value is -4.14. The van der Waals surface area contributed by atoms with Crippen molar-refractivity contribution in [1.82, 2.24) is 10.6 Å². The molecule has 0 saturated heterocycles. The molecule has 0 radical (unpaired) electrons. The van der Waals surface area contributed by atoms with Crippen molar-refractivity contribution in [2.75, 3.05) is 25.6 Å². The molecule has 0 spiro atoms. The summed E-state index contributed by atoms with van der Waals surface area (Å²) in [5.41, 5.74) is 1.96. The van der Waals surface area contributed by atoms with Crippen LogP contribution in [-0.4, -0.2) is 44.0 Å². The van der Waals surface area contributed by atoms with E-state index in [9.17, 15) is 19.2 Å². The molecule has 2 aromatic rings.